The van der Waals surface area contributed by atoms with Crippen LogP contribution >= 0.6 is 68.2 Å². The minimum atomic E-state index is -3.50. The number of amides is 2. The molecule has 0 aliphatic carbocycles. The van der Waals surface area contributed by atoms with Gasteiger partial charge in [0, 0.05) is 213 Å². The molecule has 7 aromatic carbocycles. The third kappa shape index (κ3) is 33.1. The zero-order valence-electron chi connectivity index (χ0n) is 75.6. The Hall–Kier alpha value is -12.2. The largest absolute Gasteiger partial charge is 0.490 e. The second-order valence-corrected chi connectivity index (χ2v) is 38.7. The fourth-order valence-electron chi connectivity index (χ4n) is 13.9. The summed E-state index contributed by atoms with van der Waals surface area (Å²) in [4.78, 5) is 83.2. The summed E-state index contributed by atoms with van der Waals surface area (Å²) in [6.45, 7) is 16.9. The molecule has 136 heavy (non-hydrogen) atoms. The van der Waals surface area contributed by atoms with Gasteiger partial charge in [0.05, 0.1) is 36.0 Å². The Morgan fingerprint density at radius 1 is 0.551 bits per heavy atom. The average Bonchev–Trinajstić information content (AvgIpc) is 0.994. The summed E-state index contributed by atoms with van der Waals surface area (Å²) in [6.07, 6.45) is 22.1. The number of carbonyl (C=O) groups is 3. The van der Waals surface area contributed by atoms with E-state index in [1.807, 2.05) is 150 Å². The maximum Gasteiger partial charge on any atom is 0.227 e. The van der Waals surface area contributed by atoms with Crippen LogP contribution in [0.1, 0.15) is 134 Å². The summed E-state index contributed by atoms with van der Waals surface area (Å²) in [7, 11) is -3.50. The van der Waals surface area contributed by atoms with Crippen LogP contribution < -0.4 is 35.9 Å². The average molecular weight is 2150 g/mol. The minimum absolute atomic E-state index is 0. The minimum Gasteiger partial charge on any atom is -0.490 e. The Labute approximate surface area is 830 Å². The number of hydrogen-bond donors (Lipinski definition) is 7. The number of ether oxygens (including phenoxy) is 5. The number of nitro groups is 1. The van der Waals surface area contributed by atoms with Gasteiger partial charge in [-0.2, -0.15) is 15.3 Å². The Kier molecular flexibility index (Phi) is 38.8. The Morgan fingerprint density at radius 2 is 0.971 bits per heavy atom. The van der Waals surface area contributed by atoms with Crippen molar-refractivity contribution in [2.45, 2.75) is 155 Å². The van der Waals surface area contributed by atoms with Gasteiger partial charge in [-0.25, -0.2) is 52.9 Å². The van der Waals surface area contributed by atoms with E-state index in [4.69, 9.17) is 39.4 Å². The van der Waals surface area contributed by atoms with E-state index in [1.54, 1.807) is 76.4 Å². The molecule has 8 N–H and O–H groups in total. The number of anilines is 5. The standard InChI is InChI=1S/C28H31BrN6O3.C26H25N7OS.C19H24BrN3O5S.C10H11N3.C9H9NO3.C3H2NS.CH4.BrH.Zn/c1-28(2,3)38-27(36)35-12-9-22(10-13-35)37-25-16-24-19(15-23(25)29)17-30-26(33-24)32-20-6-4-18(5-7-20)14-21-8-11-31-34-21;1-3-19(4-2-17(1)13-20-5-10-30-33-20)31-26-29-16-18-14-22(25-28-11-12-35-25)24(15-23(18)32-26)34-21-6-8-27-9-7-21;1-19(2,3)28-18(24)23-7-5-13(6-8-23)27-16-10-15-12(9-14(16)20)11-21-17(22-15)29(4,25)26;11-9-3-1-8(2-4-9)7-10-5-6-12-13-10;1-7(11)6-8-2-4-9(5-3-8)10(12)13;1-2-5-3-4-1;;;/h4-8,11,15-17,22H,9-10,12-14H2,1-3H3,(H,31,34)(H,30,32,33);1-5,10-12,14-16,21,27H,6-9,13H2,(H,30,33)(H,29,31,32);9-11,13H,5-8H2,1-4H3;1-6H,7,11H2,(H,12,13);2-5H,6H2,1H3;1-2H;1H4;1H;/q;;;;;-1;;;+2/p-1. The summed E-state index contributed by atoms with van der Waals surface area (Å²) in [5.41, 5.74) is 20.7. The number of nitrogen functional groups attached to an aromatic ring is 1. The number of nitrogens with one attached hydrogen (secondary N) is 6. The molecular weight excluding hydrogens is 2040 g/mol. The SMILES string of the molecule is C.CC(=O)Cc1ccc([N+](=O)[O-])cc1.CC(C)(C)OC(=O)N1CCC(Oc2cc3nc(Nc4ccc(Cc5ccn[nH]5)cc4)ncc3cc2Br)CC1.CC(C)(C)OC(=O)N1CCC(Oc2cc3nc(S(C)(=O)=O)ncc3cc2Br)CC1.Nc1ccc(Cc2ccn[nH]2)cc1.[Zn+][Br].[c-]1nccs1.c1cc(Cc2ccc(Nc3ncc4cc(-c5nccs5)c(OC5CCNCC5)cc4n3)cc2)[nH]n1. The number of nitro benzene ring substituents is 1. The zero-order chi connectivity index (χ0) is 96.0. The van der Waals surface area contributed by atoms with Gasteiger partial charge in [-0.1, -0.05) is 56.0 Å². The van der Waals surface area contributed by atoms with Crippen molar-refractivity contribution < 1.29 is 67.8 Å². The summed E-state index contributed by atoms with van der Waals surface area (Å²) in [5.74, 6) is 3.24. The summed E-state index contributed by atoms with van der Waals surface area (Å²) in [5, 5.41) is 48.2. The number of ketones is 1. The first kappa shape index (κ1) is 104. The molecule has 0 atom stereocenters. The monoisotopic (exact) mass is 2140 g/mol. The van der Waals surface area contributed by atoms with Crippen LogP contribution in [0.3, 0.4) is 0 Å². The molecule has 3 aliphatic heterocycles. The molecule has 0 unspecified atom stereocenters. The number of thiazole rings is 2. The van der Waals surface area contributed by atoms with Gasteiger partial charge in [-0.3, -0.25) is 41.5 Å². The van der Waals surface area contributed by atoms with Crippen molar-refractivity contribution >= 4 is 163 Å². The van der Waals surface area contributed by atoms with Crippen LogP contribution in [0.5, 0.6) is 17.2 Å². The molecule has 708 valence electrons. The number of sulfone groups is 1. The van der Waals surface area contributed by atoms with Gasteiger partial charge in [-0.15, -0.1) is 22.9 Å². The van der Waals surface area contributed by atoms with Crippen molar-refractivity contribution in [2.24, 2.45) is 0 Å². The fraction of sp³-hybridized carbons (Fsp3) is 0.312. The molecule has 15 aromatic rings. The van der Waals surface area contributed by atoms with Gasteiger partial charge in [0.1, 0.15) is 57.6 Å². The zero-order valence-corrected chi connectivity index (χ0v) is 85.7. The van der Waals surface area contributed by atoms with Gasteiger partial charge in [0.25, 0.3) is 5.69 Å². The number of nitrogens with two attached hydrogens (primary N) is 1. The number of non-ortho nitro benzene ring substituents is 1. The molecular formula is C96H106Br3N21O12S3Zn. The third-order valence-electron chi connectivity index (χ3n) is 20.4. The molecule has 0 bridgehead atoms. The number of nitrogens with zero attached hydrogens (tertiary/aromatic N) is 14. The molecule has 8 aromatic heterocycles. The summed E-state index contributed by atoms with van der Waals surface area (Å²) >= 11 is 14.4. The first-order chi connectivity index (χ1) is 64.9. The van der Waals surface area contributed by atoms with Crippen LogP contribution in [-0.2, 0) is 66.1 Å². The number of piperidine rings is 3. The maximum atomic E-state index is 12.4. The number of aromatic nitrogens is 14. The molecule has 11 heterocycles. The van der Waals surface area contributed by atoms with E-state index in [1.165, 1.54) is 69.6 Å². The van der Waals surface area contributed by atoms with E-state index in [9.17, 15) is 32.9 Å². The van der Waals surface area contributed by atoms with Crippen molar-refractivity contribution in [2.75, 3.05) is 61.9 Å². The summed E-state index contributed by atoms with van der Waals surface area (Å²) in [6, 6.07) is 47.7. The molecule has 3 saturated heterocycles. The first-order valence-corrected chi connectivity index (χ1v) is 55.3. The number of carbonyl (C=O) groups excluding carboxylic acids is 3. The van der Waals surface area contributed by atoms with Crippen molar-refractivity contribution in [3.8, 4) is 27.8 Å². The van der Waals surface area contributed by atoms with Gasteiger partial charge >= 0.3 is 42.2 Å². The van der Waals surface area contributed by atoms with E-state index in [2.05, 4.69) is 158 Å². The topological polar surface area (TPSA) is 432 Å². The third-order valence-corrected chi connectivity index (χ3v) is 23.8. The number of rotatable bonds is 21. The number of hydrogen-bond acceptors (Lipinski definition) is 29. The molecule has 33 nitrogen and oxygen atoms in total. The Balaban J connectivity index is 0.000000168. The van der Waals surface area contributed by atoms with E-state index in [0.717, 1.165) is 157 Å². The van der Waals surface area contributed by atoms with E-state index >= 15 is 0 Å². The number of fused-ring (bicyclic) bond motifs is 3. The number of likely N-dealkylation sites (tertiary alicyclic amines) is 2. The van der Waals surface area contributed by atoms with Crippen molar-refractivity contribution in [1.29, 1.82) is 0 Å². The molecule has 0 saturated carbocycles. The number of benzene rings is 7. The Bertz CT molecular complexity index is 6400. The van der Waals surface area contributed by atoms with E-state index in [-0.39, 0.29) is 54.6 Å². The number of aromatic amines is 3. The van der Waals surface area contributed by atoms with Crippen molar-refractivity contribution in [1.82, 2.24) is 85.6 Å². The van der Waals surface area contributed by atoms with Gasteiger partial charge in [0.15, 0.2) is 0 Å². The van der Waals surface area contributed by atoms with E-state index < -0.39 is 26.0 Å². The number of H-pyrrole nitrogens is 3. The fourth-order valence-corrected chi connectivity index (χ4v) is 16.3. The molecule has 0 radical (unpaired) electrons. The number of Topliss-reactive ketones (excluding diaryl/α,β-unsaturated/α-hetero) is 1. The second kappa shape index (κ2) is 50.6. The van der Waals surface area contributed by atoms with Crippen LogP contribution in [0, 0.1) is 15.6 Å². The molecule has 0 spiro atoms. The van der Waals surface area contributed by atoms with Crippen LogP contribution in [-0.4, -0.2) is 187 Å². The van der Waals surface area contributed by atoms with Crippen LogP contribution in [0.15, 0.2) is 226 Å². The molecule has 40 heteroatoms. The molecule has 2 amide bonds. The predicted octanol–water partition coefficient (Wildman–Crippen LogP) is 20.5. The van der Waals surface area contributed by atoms with Gasteiger partial charge in [0.2, 0.25) is 26.9 Å². The molecule has 3 fully saturated rings. The normalized spacial score (nSPS) is 13.4. The second-order valence-electron chi connectivity index (χ2n) is 33.5. The summed E-state index contributed by atoms with van der Waals surface area (Å²) < 4.78 is 54.8. The first-order valence-electron chi connectivity index (χ1n) is 43.1. The van der Waals surface area contributed by atoms with Crippen molar-refractivity contribution in [3.63, 3.8) is 0 Å². The smallest absolute Gasteiger partial charge is 0.227 e. The van der Waals surface area contributed by atoms with Crippen molar-refractivity contribution in [3.05, 3.63) is 276 Å². The molecule has 18 rings (SSSR count). The van der Waals surface area contributed by atoms with Crippen LogP contribution in [0.4, 0.5) is 44.2 Å². The Morgan fingerprint density at radius 3 is 1.36 bits per heavy atom. The molecule has 3 aliphatic rings. The van der Waals surface area contributed by atoms with E-state index in [0.29, 0.717) is 74.0 Å². The van der Waals surface area contributed by atoms with Gasteiger partial charge < -0.3 is 60.2 Å². The van der Waals surface area contributed by atoms with Crippen LogP contribution in [0.2, 0.25) is 0 Å². The predicted molar refractivity (Wildman–Crippen MR) is 536 cm³/mol. The number of halogens is 3. The maximum absolute atomic E-state index is 12.4. The quantitative estimate of drug-likeness (QED) is 0.00877. The van der Waals surface area contributed by atoms with Gasteiger partial charge in [-0.05, 0) is 207 Å². The van der Waals surface area contributed by atoms with Crippen LogP contribution in [0.25, 0.3) is 43.3 Å².